The first-order valence-electron chi connectivity index (χ1n) is 9.94. The fourth-order valence-electron chi connectivity index (χ4n) is 2.76. The summed E-state index contributed by atoms with van der Waals surface area (Å²) in [5.74, 6) is -0.0169. The molecule has 2 aromatic rings. The summed E-state index contributed by atoms with van der Waals surface area (Å²) in [6, 6.07) is 13.0. The number of anilines is 1. The van der Waals surface area contributed by atoms with Gasteiger partial charge in [-0.1, -0.05) is 19.1 Å². The number of carbonyl (C=O) groups excluding carboxylic acids is 1. The molecule has 0 radical (unpaired) electrons. The Bertz CT molecular complexity index is 1110. The van der Waals surface area contributed by atoms with Crippen LogP contribution in [-0.4, -0.2) is 67.1 Å². The Morgan fingerprint density at radius 2 is 1.56 bits per heavy atom. The highest BCUT2D eigenvalue weighted by molar-refractivity contribution is 7.92. The molecule has 1 amide bonds. The largest absolute Gasteiger partial charge is 0.492 e. The minimum atomic E-state index is -3.64. The second kappa shape index (κ2) is 10.8. The minimum absolute atomic E-state index is 0.135. The number of amides is 1. The predicted octanol–water partition coefficient (Wildman–Crippen LogP) is 1.46. The van der Waals surface area contributed by atoms with E-state index in [0.717, 1.165) is 26.9 Å². The Labute approximate surface area is 190 Å². The topological polar surface area (TPSA) is 113 Å². The van der Waals surface area contributed by atoms with Crippen molar-refractivity contribution in [3.63, 3.8) is 0 Å². The molecule has 9 nitrogen and oxygen atoms in total. The lowest BCUT2D eigenvalue weighted by Crippen LogP contribution is -2.41. The van der Waals surface area contributed by atoms with Crippen LogP contribution in [0.2, 0.25) is 0 Å². The Morgan fingerprint density at radius 1 is 0.969 bits per heavy atom. The van der Waals surface area contributed by atoms with Gasteiger partial charge in [0, 0.05) is 14.1 Å². The van der Waals surface area contributed by atoms with Gasteiger partial charge in [-0.05, 0) is 48.4 Å². The first-order valence-corrected chi connectivity index (χ1v) is 13.2. The van der Waals surface area contributed by atoms with Gasteiger partial charge in [0.15, 0.2) is 0 Å². The van der Waals surface area contributed by atoms with Gasteiger partial charge in [-0.15, -0.1) is 0 Å². The van der Waals surface area contributed by atoms with Crippen LogP contribution in [0.1, 0.15) is 12.5 Å². The molecule has 0 aliphatic rings. The van der Waals surface area contributed by atoms with E-state index in [9.17, 15) is 21.6 Å². The van der Waals surface area contributed by atoms with Crippen LogP contribution >= 0.6 is 0 Å². The summed E-state index contributed by atoms with van der Waals surface area (Å²) in [6.45, 7) is 1.94. The van der Waals surface area contributed by atoms with E-state index in [0.29, 0.717) is 11.4 Å². The molecule has 2 rings (SSSR count). The molecule has 176 valence electrons. The quantitative estimate of drug-likeness (QED) is 0.484. The van der Waals surface area contributed by atoms with E-state index < -0.39 is 26.0 Å². The number of hydrogen-bond acceptors (Lipinski definition) is 6. The Kier molecular flexibility index (Phi) is 8.65. The van der Waals surface area contributed by atoms with Crippen molar-refractivity contribution in [2.75, 3.05) is 44.4 Å². The second-order valence-electron chi connectivity index (χ2n) is 7.25. The molecule has 0 saturated heterocycles. The summed E-state index contributed by atoms with van der Waals surface area (Å²) in [6.07, 6.45) is 1.88. The molecule has 0 fully saturated rings. The van der Waals surface area contributed by atoms with Gasteiger partial charge in [-0.25, -0.2) is 21.1 Å². The van der Waals surface area contributed by atoms with Crippen molar-refractivity contribution in [2.45, 2.75) is 18.2 Å². The van der Waals surface area contributed by atoms with Crippen molar-refractivity contribution in [3.05, 3.63) is 54.1 Å². The second-order valence-corrected chi connectivity index (χ2v) is 11.3. The molecule has 0 heterocycles. The first-order chi connectivity index (χ1) is 14.9. The molecule has 32 heavy (non-hydrogen) atoms. The van der Waals surface area contributed by atoms with E-state index >= 15 is 0 Å². The maximum absolute atomic E-state index is 12.3. The molecule has 0 aromatic heterocycles. The molecule has 0 aliphatic heterocycles. The van der Waals surface area contributed by atoms with E-state index in [1.807, 2.05) is 19.1 Å². The highest BCUT2D eigenvalue weighted by Gasteiger charge is 2.21. The smallest absolute Gasteiger partial charge is 0.242 e. The summed E-state index contributed by atoms with van der Waals surface area (Å²) in [5, 5.41) is 2.63. The minimum Gasteiger partial charge on any atom is -0.492 e. The Balaban J connectivity index is 1.89. The molecule has 0 saturated carbocycles. The van der Waals surface area contributed by atoms with E-state index in [1.165, 1.54) is 38.4 Å². The zero-order valence-electron chi connectivity index (χ0n) is 18.6. The molecule has 0 atom stereocenters. The molecule has 2 aromatic carbocycles. The number of nitrogens with one attached hydrogen (secondary N) is 1. The molecule has 0 unspecified atom stereocenters. The lowest BCUT2D eigenvalue weighted by atomic mass is 10.1. The van der Waals surface area contributed by atoms with Crippen LogP contribution < -0.4 is 14.4 Å². The Morgan fingerprint density at radius 3 is 2.06 bits per heavy atom. The molecule has 11 heteroatoms. The monoisotopic (exact) mass is 483 g/mol. The summed E-state index contributed by atoms with van der Waals surface area (Å²) < 4.78 is 56.1. The van der Waals surface area contributed by atoms with Crippen LogP contribution in [0.3, 0.4) is 0 Å². The van der Waals surface area contributed by atoms with E-state index in [4.69, 9.17) is 4.74 Å². The number of nitrogens with zero attached hydrogens (tertiary/aromatic N) is 2. The average Bonchev–Trinajstić information content (AvgIpc) is 2.74. The molecule has 1 N–H and O–H groups in total. The van der Waals surface area contributed by atoms with Crippen LogP contribution in [0.4, 0.5) is 5.69 Å². The third kappa shape index (κ3) is 6.94. The van der Waals surface area contributed by atoms with Crippen molar-refractivity contribution >= 4 is 31.6 Å². The highest BCUT2D eigenvalue weighted by Crippen LogP contribution is 2.19. The van der Waals surface area contributed by atoms with Crippen LogP contribution in [-0.2, 0) is 31.3 Å². The fraction of sp³-hybridized carbons (Fsp3) is 0.381. The SMILES string of the molecule is CCc1ccc(N(CC(=O)NCCOc2ccc(S(=O)(=O)N(C)C)cc2)S(C)(=O)=O)cc1. The number of ether oxygens (including phenoxy) is 1. The van der Waals surface area contributed by atoms with Crippen molar-refractivity contribution in [2.24, 2.45) is 0 Å². The third-order valence-electron chi connectivity index (χ3n) is 4.62. The van der Waals surface area contributed by atoms with E-state index in [2.05, 4.69) is 5.32 Å². The lowest BCUT2D eigenvalue weighted by molar-refractivity contribution is -0.119. The normalized spacial score (nSPS) is 11.9. The van der Waals surface area contributed by atoms with Crippen molar-refractivity contribution < 1.29 is 26.4 Å². The van der Waals surface area contributed by atoms with Gasteiger partial charge in [-0.2, -0.15) is 0 Å². The number of rotatable bonds is 11. The van der Waals surface area contributed by atoms with E-state index in [-0.39, 0.29) is 24.6 Å². The van der Waals surface area contributed by atoms with Gasteiger partial charge < -0.3 is 10.1 Å². The van der Waals surface area contributed by atoms with Crippen molar-refractivity contribution in [1.29, 1.82) is 0 Å². The van der Waals surface area contributed by atoms with Crippen LogP contribution in [0, 0.1) is 0 Å². The number of sulfonamides is 2. The van der Waals surface area contributed by atoms with Gasteiger partial charge in [0.25, 0.3) is 0 Å². The maximum atomic E-state index is 12.3. The average molecular weight is 484 g/mol. The first kappa shape index (κ1) is 25.6. The third-order valence-corrected chi connectivity index (χ3v) is 7.59. The van der Waals surface area contributed by atoms with Crippen LogP contribution in [0.25, 0.3) is 0 Å². The molecular formula is C21H29N3O6S2. The number of carbonyl (C=O) groups is 1. The van der Waals surface area contributed by atoms with Gasteiger partial charge in [0.1, 0.15) is 18.9 Å². The highest BCUT2D eigenvalue weighted by atomic mass is 32.2. The molecular weight excluding hydrogens is 454 g/mol. The van der Waals surface area contributed by atoms with Gasteiger partial charge >= 0.3 is 0 Å². The molecule has 0 aliphatic carbocycles. The summed E-state index contributed by atoms with van der Waals surface area (Å²) in [7, 11) is -4.25. The zero-order chi connectivity index (χ0) is 23.9. The fourth-order valence-corrected chi connectivity index (χ4v) is 4.52. The van der Waals surface area contributed by atoms with Crippen LogP contribution in [0.5, 0.6) is 5.75 Å². The number of benzene rings is 2. The maximum Gasteiger partial charge on any atom is 0.242 e. The van der Waals surface area contributed by atoms with Crippen LogP contribution in [0.15, 0.2) is 53.4 Å². The summed E-state index contributed by atoms with van der Waals surface area (Å²) in [4.78, 5) is 12.4. The van der Waals surface area contributed by atoms with Gasteiger partial charge in [0.05, 0.1) is 23.4 Å². The Hall–Kier alpha value is -2.63. The van der Waals surface area contributed by atoms with Gasteiger partial charge in [-0.3, -0.25) is 9.10 Å². The zero-order valence-corrected chi connectivity index (χ0v) is 20.2. The van der Waals surface area contributed by atoms with Gasteiger partial charge in [0.2, 0.25) is 26.0 Å². The molecule has 0 bridgehead atoms. The number of hydrogen-bond donors (Lipinski definition) is 1. The standard InChI is InChI=1S/C21H29N3O6S2/c1-5-17-6-8-18(9-7-17)24(31(4,26)27)16-21(25)22-14-15-30-19-10-12-20(13-11-19)32(28,29)23(2)3/h6-13H,5,14-16H2,1-4H3,(H,22,25). The van der Waals surface area contributed by atoms with Crippen molar-refractivity contribution in [1.82, 2.24) is 9.62 Å². The lowest BCUT2D eigenvalue weighted by Gasteiger charge is -2.22. The summed E-state index contributed by atoms with van der Waals surface area (Å²) >= 11 is 0. The summed E-state index contributed by atoms with van der Waals surface area (Å²) in [5.41, 5.74) is 1.49. The predicted molar refractivity (Wildman–Crippen MR) is 124 cm³/mol. The van der Waals surface area contributed by atoms with Crippen molar-refractivity contribution in [3.8, 4) is 5.75 Å². The number of aryl methyl sites for hydroxylation is 1. The molecule has 0 spiro atoms. The van der Waals surface area contributed by atoms with E-state index in [1.54, 1.807) is 12.1 Å².